The summed E-state index contributed by atoms with van der Waals surface area (Å²) in [4.78, 5) is 11.2. The monoisotopic (exact) mass is 233 g/mol. The van der Waals surface area contributed by atoms with Crippen LogP contribution in [0.5, 0.6) is 0 Å². The summed E-state index contributed by atoms with van der Waals surface area (Å²) in [6.07, 6.45) is 4.69. The van der Waals surface area contributed by atoms with E-state index in [2.05, 4.69) is 5.32 Å². The minimum atomic E-state index is -0.848. The Morgan fingerprint density at radius 1 is 1.47 bits per heavy atom. The van der Waals surface area contributed by atoms with Gasteiger partial charge in [0.2, 0.25) is 0 Å². The molecule has 17 heavy (non-hydrogen) atoms. The Kier molecular flexibility index (Phi) is 2.18. The van der Waals surface area contributed by atoms with Crippen LogP contribution in [-0.2, 0) is 4.79 Å². The second-order valence-electron chi connectivity index (χ2n) is 4.55. The molecule has 0 fully saturated rings. The van der Waals surface area contributed by atoms with Gasteiger partial charge in [0.15, 0.2) is 0 Å². The van der Waals surface area contributed by atoms with Crippen LogP contribution in [0.3, 0.4) is 0 Å². The predicted octanol–water partition coefficient (Wildman–Crippen LogP) is 2.36. The van der Waals surface area contributed by atoms with Crippen molar-refractivity contribution in [2.24, 2.45) is 5.92 Å². The highest BCUT2D eigenvalue weighted by Crippen LogP contribution is 2.44. The highest BCUT2D eigenvalue weighted by Gasteiger charge is 2.40. The zero-order chi connectivity index (χ0) is 12.0. The van der Waals surface area contributed by atoms with Crippen LogP contribution >= 0.6 is 0 Å². The zero-order valence-corrected chi connectivity index (χ0v) is 9.06. The van der Waals surface area contributed by atoms with Crippen LogP contribution in [0.2, 0.25) is 0 Å². The molecule has 88 valence electrons. The summed E-state index contributed by atoms with van der Waals surface area (Å²) in [6, 6.07) is 3.87. The number of carboxylic acid groups (broad SMARTS) is 1. The maximum atomic E-state index is 13.2. The van der Waals surface area contributed by atoms with E-state index in [1.165, 1.54) is 12.1 Å². The highest BCUT2D eigenvalue weighted by molar-refractivity contribution is 5.80. The van der Waals surface area contributed by atoms with Gasteiger partial charge in [-0.3, -0.25) is 0 Å². The molecule has 0 aromatic heterocycles. The second kappa shape index (κ2) is 3.58. The molecule has 1 heterocycles. The number of aliphatic carboxylic acids is 1. The fourth-order valence-corrected chi connectivity index (χ4v) is 2.81. The number of rotatable bonds is 1. The lowest BCUT2D eigenvalue weighted by Crippen LogP contribution is -2.41. The van der Waals surface area contributed by atoms with E-state index >= 15 is 0 Å². The molecular weight excluding hydrogens is 221 g/mol. The van der Waals surface area contributed by atoms with Gasteiger partial charge in [-0.25, -0.2) is 9.18 Å². The van der Waals surface area contributed by atoms with Crippen molar-refractivity contribution in [2.75, 3.05) is 5.32 Å². The maximum Gasteiger partial charge on any atom is 0.326 e. The lowest BCUT2D eigenvalue weighted by Gasteiger charge is -2.34. The normalized spacial score (nSPS) is 29.4. The fourth-order valence-electron chi connectivity index (χ4n) is 2.81. The number of fused-ring (bicyclic) bond motifs is 3. The average Bonchev–Trinajstić information content (AvgIpc) is 2.76. The SMILES string of the molecule is O=C(O)[C@H]1Nc2ccc(F)cc2[C@@H]2C=CC[C@@H]12. The Bertz CT molecular complexity index is 512. The van der Waals surface area contributed by atoms with Gasteiger partial charge in [0.05, 0.1) is 0 Å². The van der Waals surface area contributed by atoms with E-state index in [4.69, 9.17) is 0 Å². The molecule has 3 nitrogen and oxygen atoms in total. The molecule has 0 radical (unpaired) electrons. The Morgan fingerprint density at radius 2 is 2.29 bits per heavy atom. The van der Waals surface area contributed by atoms with Crippen molar-refractivity contribution in [3.05, 3.63) is 41.7 Å². The summed E-state index contributed by atoms with van der Waals surface area (Å²) in [6.45, 7) is 0. The Morgan fingerprint density at radius 3 is 3.06 bits per heavy atom. The van der Waals surface area contributed by atoms with Crippen LogP contribution in [0.1, 0.15) is 17.9 Å². The highest BCUT2D eigenvalue weighted by atomic mass is 19.1. The molecule has 0 spiro atoms. The number of nitrogens with one attached hydrogen (secondary N) is 1. The summed E-state index contributed by atoms with van der Waals surface area (Å²) in [5.74, 6) is -1.12. The van der Waals surface area contributed by atoms with Crippen molar-refractivity contribution in [1.29, 1.82) is 0 Å². The molecule has 0 saturated carbocycles. The molecule has 0 bridgehead atoms. The number of anilines is 1. The van der Waals surface area contributed by atoms with Gasteiger partial charge in [-0.2, -0.15) is 0 Å². The smallest absolute Gasteiger partial charge is 0.326 e. The largest absolute Gasteiger partial charge is 0.480 e. The first-order valence-corrected chi connectivity index (χ1v) is 5.62. The van der Waals surface area contributed by atoms with Crippen LogP contribution in [0.25, 0.3) is 0 Å². The first kappa shape index (κ1) is 10.3. The third kappa shape index (κ3) is 1.52. The standard InChI is InChI=1S/C13H12FNO2/c14-7-4-5-11-10(6-7)8-2-1-3-9(8)12(15-11)13(16)17/h1-2,4-6,8-9,12,15H,3H2,(H,16,17)/t8-,9-,12+/m1/s1. The number of allylic oxidation sites excluding steroid dienone is 2. The minimum absolute atomic E-state index is 0.0122. The maximum absolute atomic E-state index is 13.2. The molecule has 0 amide bonds. The van der Waals surface area contributed by atoms with Gasteiger partial charge < -0.3 is 10.4 Å². The van der Waals surface area contributed by atoms with Gasteiger partial charge in [0, 0.05) is 17.5 Å². The van der Waals surface area contributed by atoms with Crippen LogP contribution in [0.15, 0.2) is 30.4 Å². The molecule has 4 heteroatoms. The number of carbonyl (C=O) groups is 1. The van der Waals surface area contributed by atoms with E-state index in [9.17, 15) is 14.3 Å². The average molecular weight is 233 g/mol. The zero-order valence-electron chi connectivity index (χ0n) is 9.06. The van der Waals surface area contributed by atoms with E-state index in [1.54, 1.807) is 6.07 Å². The molecule has 3 rings (SSSR count). The minimum Gasteiger partial charge on any atom is -0.480 e. The number of carboxylic acids is 1. The van der Waals surface area contributed by atoms with Gasteiger partial charge in [0.1, 0.15) is 11.9 Å². The van der Waals surface area contributed by atoms with Gasteiger partial charge >= 0.3 is 5.97 Å². The first-order chi connectivity index (χ1) is 8.16. The molecular formula is C13H12FNO2. The van der Waals surface area contributed by atoms with Crippen molar-refractivity contribution in [3.63, 3.8) is 0 Å². The van der Waals surface area contributed by atoms with E-state index < -0.39 is 12.0 Å². The Balaban J connectivity index is 2.09. The summed E-state index contributed by atoms with van der Waals surface area (Å²) in [5, 5.41) is 12.2. The number of hydrogen-bond acceptors (Lipinski definition) is 2. The van der Waals surface area contributed by atoms with Crippen molar-refractivity contribution in [1.82, 2.24) is 0 Å². The fraction of sp³-hybridized carbons (Fsp3) is 0.308. The molecule has 3 atom stereocenters. The summed E-state index contributed by atoms with van der Waals surface area (Å²) < 4.78 is 13.2. The quantitative estimate of drug-likeness (QED) is 0.732. The molecule has 0 unspecified atom stereocenters. The lowest BCUT2D eigenvalue weighted by molar-refractivity contribution is -0.139. The molecule has 0 saturated heterocycles. The predicted molar refractivity (Wildman–Crippen MR) is 61.4 cm³/mol. The van der Waals surface area contributed by atoms with Crippen molar-refractivity contribution in [3.8, 4) is 0 Å². The molecule has 1 aliphatic carbocycles. The van der Waals surface area contributed by atoms with Crippen LogP contribution in [0, 0.1) is 11.7 Å². The van der Waals surface area contributed by atoms with Gasteiger partial charge in [-0.1, -0.05) is 12.2 Å². The topological polar surface area (TPSA) is 49.3 Å². The summed E-state index contributed by atoms with van der Waals surface area (Å²) in [5.41, 5.74) is 1.59. The number of halogens is 1. The van der Waals surface area contributed by atoms with Crippen molar-refractivity contribution >= 4 is 11.7 Å². The number of benzene rings is 1. The molecule has 2 N–H and O–H groups in total. The lowest BCUT2D eigenvalue weighted by atomic mass is 9.79. The first-order valence-electron chi connectivity index (χ1n) is 5.62. The van der Waals surface area contributed by atoms with Gasteiger partial charge in [-0.15, -0.1) is 0 Å². The van der Waals surface area contributed by atoms with E-state index in [1.807, 2.05) is 12.2 Å². The third-order valence-corrected chi connectivity index (χ3v) is 3.59. The van der Waals surface area contributed by atoms with Crippen LogP contribution < -0.4 is 5.32 Å². The second-order valence-corrected chi connectivity index (χ2v) is 4.55. The third-order valence-electron chi connectivity index (χ3n) is 3.59. The molecule has 1 aliphatic heterocycles. The van der Waals surface area contributed by atoms with E-state index in [-0.39, 0.29) is 17.7 Å². The Labute approximate surface area is 98.0 Å². The van der Waals surface area contributed by atoms with E-state index in [0.29, 0.717) is 0 Å². The summed E-state index contributed by atoms with van der Waals surface area (Å²) in [7, 11) is 0. The Hall–Kier alpha value is -1.84. The molecule has 1 aromatic rings. The number of hydrogen-bond donors (Lipinski definition) is 2. The van der Waals surface area contributed by atoms with Crippen LogP contribution in [0.4, 0.5) is 10.1 Å². The van der Waals surface area contributed by atoms with Crippen molar-refractivity contribution in [2.45, 2.75) is 18.4 Å². The molecule has 1 aromatic carbocycles. The van der Waals surface area contributed by atoms with Gasteiger partial charge in [-0.05, 0) is 30.2 Å². The van der Waals surface area contributed by atoms with Crippen LogP contribution in [-0.4, -0.2) is 17.1 Å². The summed E-state index contributed by atoms with van der Waals surface area (Å²) >= 11 is 0. The van der Waals surface area contributed by atoms with Crippen molar-refractivity contribution < 1.29 is 14.3 Å². The van der Waals surface area contributed by atoms with Gasteiger partial charge in [0.25, 0.3) is 0 Å². The molecule has 2 aliphatic rings. The van der Waals surface area contributed by atoms with E-state index in [0.717, 1.165) is 17.7 Å².